The van der Waals surface area contributed by atoms with Crippen LogP contribution in [0.3, 0.4) is 0 Å². The summed E-state index contributed by atoms with van der Waals surface area (Å²) in [6, 6.07) is 6.51. The van der Waals surface area contributed by atoms with Gasteiger partial charge in [0.25, 0.3) is 15.9 Å². The smallest absolute Gasteiger partial charge is 0.264 e. The number of anilines is 1. The molecule has 24 heavy (non-hydrogen) atoms. The molecule has 1 aromatic carbocycles. The summed E-state index contributed by atoms with van der Waals surface area (Å²) in [5, 5.41) is 8.14. The number of sulfonamides is 1. The molecule has 7 nitrogen and oxygen atoms in total. The summed E-state index contributed by atoms with van der Waals surface area (Å²) in [7, 11) is -3.80. The van der Waals surface area contributed by atoms with Crippen molar-refractivity contribution in [1.82, 2.24) is 15.2 Å². The lowest BCUT2D eigenvalue weighted by Crippen LogP contribution is -2.14. The van der Waals surface area contributed by atoms with E-state index in [-0.39, 0.29) is 10.8 Å². The van der Waals surface area contributed by atoms with Crippen LogP contribution in [-0.2, 0) is 10.0 Å². The standard InChI is InChI=1S/C15H15ClN4O3S/c1-8-13(15-19-18-10(3)23-15)17-9(2)14(8)24(21,22)20-12-6-4-5-11(16)7-12/h4-7,17,20H,1-3H3. The van der Waals surface area contributed by atoms with Gasteiger partial charge in [0.05, 0.1) is 5.69 Å². The molecule has 0 unspecified atom stereocenters. The highest BCUT2D eigenvalue weighted by Gasteiger charge is 2.26. The Kier molecular flexibility index (Phi) is 4.10. The van der Waals surface area contributed by atoms with Crippen LogP contribution < -0.4 is 4.72 Å². The Balaban J connectivity index is 2.04. The minimum atomic E-state index is -3.80. The number of hydrogen-bond donors (Lipinski definition) is 2. The molecule has 0 aliphatic carbocycles. The summed E-state index contributed by atoms with van der Waals surface area (Å²) in [4.78, 5) is 3.15. The molecule has 2 heterocycles. The van der Waals surface area contributed by atoms with E-state index in [1.165, 1.54) is 0 Å². The SMILES string of the molecule is Cc1nnc(-c2[nH]c(C)c(S(=O)(=O)Nc3cccc(Cl)c3)c2C)o1. The quantitative estimate of drug-likeness (QED) is 0.736. The summed E-state index contributed by atoms with van der Waals surface area (Å²) in [5.74, 6) is 0.649. The first-order chi connectivity index (χ1) is 11.3. The van der Waals surface area contributed by atoms with Gasteiger partial charge in [-0.3, -0.25) is 4.72 Å². The molecule has 0 atom stereocenters. The minimum absolute atomic E-state index is 0.147. The predicted molar refractivity (Wildman–Crippen MR) is 90.6 cm³/mol. The second kappa shape index (κ2) is 5.95. The molecule has 126 valence electrons. The van der Waals surface area contributed by atoms with E-state index >= 15 is 0 Å². The van der Waals surface area contributed by atoms with Crippen molar-refractivity contribution >= 4 is 27.3 Å². The van der Waals surface area contributed by atoms with E-state index in [0.29, 0.717) is 33.6 Å². The van der Waals surface area contributed by atoms with Crippen LogP contribution >= 0.6 is 11.6 Å². The maximum atomic E-state index is 12.8. The second-order valence-corrected chi connectivity index (χ2v) is 7.38. The zero-order chi connectivity index (χ0) is 17.5. The van der Waals surface area contributed by atoms with Gasteiger partial charge in [0.1, 0.15) is 10.6 Å². The van der Waals surface area contributed by atoms with Crippen molar-refractivity contribution in [3.05, 3.63) is 46.4 Å². The Morgan fingerprint density at radius 1 is 1.21 bits per heavy atom. The van der Waals surface area contributed by atoms with E-state index in [1.54, 1.807) is 45.0 Å². The summed E-state index contributed by atoms with van der Waals surface area (Å²) in [6.07, 6.45) is 0. The fourth-order valence-corrected chi connectivity index (χ4v) is 4.19. The molecule has 0 saturated carbocycles. The van der Waals surface area contributed by atoms with Crippen molar-refractivity contribution in [2.75, 3.05) is 4.72 Å². The Hall–Kier alpha value is -2.32. The number of benzene rings is 1. The Morgan fingerprint density at radius 3 is 2.58 bits per heavy atom. The highest BCUT2D eigenvalue weighted by molar-refractivity contribution is 7.92. The van der Waals surface area contributed by atoms with Gasteiger partial charge in [0.15, 0.2) is 0 Å². The third-order valence-electron chi connectivity index (χ3n) is 3.45. The average Bonchev–Trinajstić information content (AvgIpc) is 3.02. The van der Waals surface area contributed by atoms with E-state index in [9.17, 15) is 8.42 Å². The fraction of sp³-hybridized carbons (Fsp3) is 0.200. The van der Waals surface area contributed by atoms with Crippen molar-refractivity contribution in [2.45, 2.75) is 25.7 Å². The zero-order valence-electron chi connectivity index (χ0n) is 13.2. The predicted octanol–water partition coefficient (Wildman–Crippen LogP) is 3.44. The first kappa shape index (κ1) is 16.5. The van der Waals surface area contributed by atoms with E-state index in [1.807, 2.05) is 0 Å². The van der Waals surface area contributed by atoms with Crippen molar-refractivity contribution in [3.63, 3.8) is 0 Å². The van der Waals surface area contributed by atoms with Crippen molar-refractivity contribution in [3.8, 4) is 11.6 Å². The van der Waals surface area contributed by atoms with E-state index in [4.69, 9.17) is 16.0 Å². The molecule has 0 bridgehead atoms. The van der Waals surface area contributed by atoms with E-state index < -0.39 is 10.0 Å². The summed E-state index contributed by atoms with van der Waals surface area (Å²) in [5.41, 5.74) is 1.86. The van der Waals surface area contributed by atoms with Crippen molar-refractivity contribution in [2.24, 2.45) is 0 Å². The first-order valence-corrected chi connectivity index (χ1v) is 8.92. The van der Waals surface area contributed by atoms with Crippen LogP contribution in [0.25, 0.3) is 11.6 Å². The minimum Gasteiger partial charge on any atom is -0.420 e. The number of nitrogens with one attached hydrogen (secondary N) is 2. The topological polar surface area (TPSA) is 101 Å². The number of halogens is 1. The van der Waals surface area contributed by atoms with Crippen LogP contribution in [-0.4, -0.2) is 23.6 Å². The maximum absolute atomic E-state index is 12.8. The van der Waals surface area contributed by atoms with Gasteiger partial charge in [-0.25, -0.2) is 8.42 Å². The number of H-pyrrole nitrogens is 1. The number of rotatable bonds is 4. The van der Waals surface area contributed by atoms with Gasteiger partial charge in [-0.2, -0.15) is 0 Å². The van der Waals surface area contributed by atoms with Gasteiger partial charge >= 0.3 is 0 Å². The van der Waals surface area contributed by atoms with Crippen LogP contribution in [0.1, 0.15) is 17.1 Å². The molecule has 0 amide bonds. The van der Waals surface area contributed by atoms with Gasteiger partial charge in [0, 0.05) is 23.2 Å². The molecule has 0 radical (unpaired) electrons. The van der Waals surface area contributed by atoms with Gasteiger partial charge < -0.3 is 9.40 Å². The van der Waals surface area contributed by atoms with Crippen molar-refractivity contribution in [1.29, 1.82) is 0 Å². The largest absolute Gasteiger partial charge is 0.420 e. The Bertz CT molecular complexity index is 1010. The number of aryl methyl sites for hydroxylation is 2. The fourth-order valence-electron chi connectivity index (χ4n) is 2.51. The molecule has 3 rings (SSSR count). The maximum Gasteiger partial charge on any atom is 0.264 e. The van der Waals surface area contributed by atoms with Gasteiger partial charge in [-0.05, 0) is 32.0 Å². The summed E-state index contributed by atoms with van der Waals surface area (Å²) in [6.45, 7) is 5.02. The molecular formula is C15H15ClN4O3S. The molecule has 0 aliphatic rings. The van der Waals surface area contributed by atoms with Crippen LogP contribution in [0.15, 0.2) is 33.6 Å². The molecular weight excluding hydrogens is 352 g/mol. The molecule has 3 aromatic rings. The van der Waals surface area contributed by atoms with E-state index in [2.05, 4.69) is 19.9 Å². The van der Waals surface area contributed by atoms with E-state index in [0.717, 1.165) is 0 Å². The lowest BCUT2D eigenvalue weighted by molar-refractivity contribution is 0.531. The lowest BCUT2D eigenvalue weighted by Gasteiger charge is -2.09. The summed E-state index contributed by atoms with van der Waals surface area (Å²) < 4.78 is 33.4. The lowest BCUT2D eigenvalue weighted by atomic mass is 10.2. The third-order valence-corrected chi connectivity index (χ3v) is 5.34. The molecule has 0 fully saturated rings. The number of nitrogens with zero attached hydrogens (tertiary/aromatic N) is 2. The molecule has 2 aromatic heterocycles. The second-order valence-electron chi connectivity index (χ2n) is 5.32. The van der Waals surface area contributed by atoms with Crippen LogP contribution in [0.2, 0.25) is 5.02 Å². The number of aromatic nitrogens is 3. The molecule has 0 saturated heterocycles. The zero-order valence-corrected chi connectivity index (χ0v) is 14.8. The van der Waals surface area contributed by atoms with Gasteiger partial charge in [-0.15, -0.1) is 10.2 Å². The first-order valence-electron chi connectivity index (χ1n) is 7.06. The summed E-state index contributed by atoms with van der Waals surface area (Å²) >= 11 is 5.90. The number of hydrogen-bond acceptors (Lipinski definition) is 5. The normalized spacial score (nSPS) is 11.7. The monoisotopic (exact) mass is 366 g/mol. The van der Waals surface area contributed by atoms with Crippen LogP contribution in [0.4, 0.5) is 5.69 Å². The highest BCUT2D eigenvalue weighted by Crippen LogP contribution is 2.31. The van der Waals surface area contributed by atoms with Crippen LogP contribution in [0, 0.1) is 20.8 Å². The molecule has 9 heteroatoms. The van der Waals surface area contributed by atoms with Gasteiger partial charge in [-0.1, -0.05) is 17.7 Å². The Labute approximate surface area is 144 Å². The third kappa shape index (κ3) is 3.02. The number of aromatic amines is 1. The molecule has 2 N–H and O–H groups in total. The Morgan fingerprint density at radius 2 is 1.96 bits per heavy atom. The molecule has 0 spiro atoms. The highest BCUT2D eigenvalue weighted by atomic mass is 35.5. The van der Waals surface area contributed by atoms with Crippen LogP contribution in [0.5, 0.6) is 0 Å². The average molecular weight is 367 g/mol. The van der Waals surface area contributed by atoms with Gasteiger partial charge in [0.2, 0.25) is 5.89 Å². The van der Waals surface area contributed by atoms with Crippen molar-refractivity contribution < 1.29 is 12.8 Å². The molecule has 0 aliphatic heterocycles.